The van der Waals surface area contributed by atoms with Gasteiger partial charge < -0.3 is 5.32 Å². The summed E-state index contributed by atoms with van der Waals surface area (Å²) in [6, 6.07) is 12.3. The van der Waals surface area contributed by atoms with Crippen LogP contribution in [0, 0.1) is 6.92 Å². The number of aromatic nitrogens is 2. The molecule has 0 saturated carbocycles. The van der Waals surface area contributed by atoms with Gasteiger partial charge in [-0.3, -0.25) is 0 Å². The van der Waals surface area contributed by atoms with Crippen LogP contribution >= 0.6 is 15.9 Å². The Morgan fingerprint density at radius 3 is 2.35 bits per heavy atom. The van der Waals surface area contributed by atoms with Crippen LogP contribution < -0.4 is 5.32 Å². The number of nitrogens with one attached hydrogen (secondary N) is 1. The van der Waals surface area contributed by atoms with Crippen LogP contribution in [0.5, 0.6) is 0 Å². The molecule has 0 aliphatic heterocycles. The van der Waals surface area contributed by atoms with E-state index >= 15 is 0 Å². The molecule has 0 fully saturated rings. The molecule has 2 aromatic rings. The number of halogens is 1. The summed E-state index contributed by atoms with van der Waals surface area (Å²) >= 11 is 3.43. The van der Waals surface area contributed by atoms with E-state index in [1.54, 1.807) is 0 Å². The number of hydrogen-bond acceptors (Lipinski definition) is 3. The number of benzene rings is 1. The minimum Gasteiger partial charge on any atom is -0.362 e. The molecule has 1 heterocycles. The summed E-state index contributed by atoms with van der Waals surface area (Å²) in [5.41, 5.74) is 2.14. The van der Waals surface area contributed by atoms with Gasteiger partial charge in [0.1, 0.15) is 5.82 Å². The lowest BCUT2D eigenvalue weighted by Gasteiger charge is -2.14. The zero-order chi connectivity index (χ0) is 12.3. The number of nitrogens with zero attached hydrogens (tertiary/aromatic N) is 2. The molecule has 0 aliphatic carbocycles. The molecule has 4 heteroatoms. The van der Waals surface area contributed by atoms with Crippen LogP contribution in [-0.4, -0.2) is 10.2 Å². The van der Waals surface area contributed by atoms with Crippen LogP contribution in [0.15, 0.2) is 40.9 Å². The Labute approximate surface area is 109 Å². The van der Waals surface area contributed by atoms with Gasteiger partial charge in [-0.25, -0.2) is 0 Å². The van der Waals surface area contributed by atoms with Crippen LogP contribution in [0.3, 0.4) is 0 Å². The molecular formula is C13H14BrN3. The van der Waals surface area contributed by atoms with Crippen molar-refractivity contribution in [1.29, 1.82) is 0 Å². The lowest BCUT2D eigenvalue weighted by atomic mass is 10.1. The van der Waals surface area contributed by atoms with Crippen molar-refractivity contribution >= 4 is 21.7 Å². The molecule has 88 valence electrons. The minimum absolute atomic E-state index is 0.208. The smallest absolute Gasteiger partial charge is 0.149 e. The molecule has 0 radical (unpaired) electrons. The maximum absolute atomic E-state index is 4.09. The Hall–Kier alpha value is -1.42. The van der Waals surface area contributed by atoms with Gasteiger partial charge in [-0.05, 0) is 43.7 Å². The molecule has 1 N–H and O–H groups in total. The Bertz CT molecular complexity index is 479. The molecule has 3 nitrogen and oxygen atoms in total. The summed E-state index contributed by atoms with van der Waals surface area (Å²) < 4.78 is 1.09. The molecule has 0 aliphatic rings. The van der Waals surface area contributed by atoms with Gasteiger partial charge in [0, 0.05) is 10.5 Å². The zero-order valence-corrected chi connectivity index (χ0v) is 11.4. The molecular weight excluding hydrogens is 278 g/mol. The van der Waals surface area contributed by atoms with Crippen molar-refractivity contribution in [3.63, 3.8) is 0 Å². The first-order valence-corrected chi connectivity index (χ1v) is 6.27. The van der Waals surface area contributed by atoms with Crippen molar-refractivity contribution in [2.75, 3.05) is 5.32 Å². The van der Waals surface area contributed by atoms with E-state index in [0.717, 1.165) is 16.0 Å². The molecule has 1 unspecified atom stereocenters. The van der Waals surface area contributed by atoms with Crippen LogP contribution in [0.4, 0.5) is 5.82 Å². The Morgan fingerprint density at radius 2 is 1.76 bits per heavy atom. The van der Waals surface area contributed by atoms with Gasteiger partial charge in [0.2, 0.25) is 0 Å². The Balaban J connectivity index is 2.08. The number of aryl methyl sites for hydroxylation is 1. The maximum atomic E-state index is 4.09. The monoisotopic (exact) mass is 291 g/mol. The first kappa shape index (κ1) is 12.0. The minimum atomic E-state index is 0.208. The largest absolute Gasteiger partial charge is 0.362 e. The summed E-state index contributed by atoms with van der Waals surface area (Å²) in [4.78, 5) is 0. The molecule has 2 rings (SSSR count). The highest BCUT2D eigenvalue weighted by atomic mass is 79.9. The van der Waals surface area contributed by atoms with Gasteiger partial charge in [-0.1, -0.05) is 28.1 Å². The molecule has 0 saturated heterocycles. The van der Waals surface area contributed by atoms with E-state index in [2.05, 4.69) is 50.5 Å². The quantitative estimate of drug-likeness (QED) is 0.937. The van der Waals surface area contributed by atoms with Gasteiger partial charge in [0.05, 0.1) is 5.69 Å². The van der Waals surface area contributed by atoms with Crippen molar-refractivity contribution < 1.29 is 0 Å². The van der Waals surface area contributed by atoms with Gasteiger partial charge in [-0.2, -0.15) is 5.10 Å². The number of hydrogen-bond donors (Lipinski definition) is 1. The van der Waals surface area contributed by atoms with Crippen molar-refractivity contribution in [2.24, 2.45) is 0 Å². The lowest BCUT2D eigenvalue weighted by Crippen LogP contribution is -2.08. The fourth-order valence-electron chi connectivity index (χ4n) is 1.53. The fraction of sp³-hybridized carbons (Fsp3) is 0.231. The SMILES string of the molecule is Cc1ccc(NC(C)c2ccc(Br)cc2)nn1. The second-order valence-electron chi connectivity index (χ2n) is 3.98. The standard InChI is InChI=1S/C13H14BrN3/c1-9-3-8-13(17-16-9)15-10(2)11-4-6-12(14)7-5-11/h3-8,10H,1-2H3,(H,15,17). The van der Waals surface area contributed by atoms with Crippen molar-refractivity contribution in [3.05, 3.63) is 52.1 Å². The van der Waals surface area contributed by atoms with E-state index in [0.29, 0.717) is 0 Å². The molecule has 1 atom stereocenters. The first-order chi connectivity index (χ1) is 8.15. The molecule has 17 heavy (non-hydrogen) atoms. The Kier molecular flexibility index (Phi) is 3.74. The second kappa shape index (κ2) is 5.27. The average Bonchev–Trinajstić information content (AvgIpc) is 2.33. The van der Waals surface area contributed by atoms with E-state index in [4.69, 9.17) is 0 Å². The summed E-state index contributed by atoms with van der Waals surface area (Å²) in [5, 5.41) is 11.4. The molecule has 0 amide bonds. The van der Waals surface area contributed by atoms with E-state index in [-0.39, 0.29) is 6.04 Å². The number of rotatable bonds is 3. The van der Waals surface area contributed by atoms with E-state index in [1.165, 1.54) is 5.56 Å². The highest BCUT2D eigenvalue weighted by Crippen LogP contribution is 2.19. The highest BCUT2D eigenvalue weighted by Gasteiger charge is 2.05. The third kappa shape index (κ3) is 3.27. The van der Waals surface area contributed by atoms with Crippen LogP contribution in [0.2, 0.25) is 0 Å². The molecule has 0 bridgehead atoms. The van der Waals surface area contributed by atoms with Crippen LogP contribution in [-0.2, 0) is 0 Å². The van der Waals surface area contributed by atoms with Crippen molar-refractivity contribution in [1.82, 2.24) is 10.2 Å². The first-order valence-electron chi connectivity index (χ1n) is 5.47. The second-order valence-corrected chi connectivity index (χ2v) is 4.89. The zero-order valence-electron chi connectivity index (χ0n) is 9.81. The topological polar surface area (TPSA) is 37.8 Å². The van der Waals surface area contributed by atoms with E-state index in [9.17, 15) is 0 Å². The van der Waals surface area contributed by atoms with Crippen molar-refractivity contribution in [2.45, 2.75) is 19.9 Å². The normalized spacial score (nSPS) is 12.2. The van der Waals surface area contributed by atoms with Crippen LogP contribution in [0.1, 0.15) is 24.2 Å². The maximum Gasteiger partial charge on any atom is 0.149 e. The third-order valence-electron chi connectivity index (χ3n) is 2.53. The number of anilines is 1. The summed E-state index contributed by atoms with van der Waals surface area (Å²) in [7, 11) is 0. The predicted molar refractivity (Wildman–Crippen MR) is 72.9 cm³/mol. The molecule has 1 aromatic heterocycles. The average molecular weight is 292 g/mol. The highest BCUT2D eigenvalue weighted by molar-refractivity contribution is 9.10. The predicted octanol–water partition coefficient (Wildman–Crippen LogP) is 3.72. The third-order valence-corrected chi connectivity index (χ3v) is 3.06. The van der Waals surface area contributed by atoms with E-state index < -0.39 is 0 Å². The Morgan fingerprint density at radius 1 is 1.06 bits per heavy atom. The molecule has 0 spiro atoms. The van der Waals surface area contributed by atoms with Gasteiger partial charge in [0.25, 0.3) is 0 Å². The summed E-state index contributed by atoms with van der Waals surface area (Å²) in [6.07, 6.45) is 0. The fourth-order valence-corrected chi connectivity index (χ4v) is 1.80. The summed E-state index contributed by atoms with van der Waals surface area (Å²) in [6.45, 7) is 4.03. The van der Waals surface area contributed by atoms with Crippen molar-refractivity contribution in [3.8, 4) is 0 Å². The summed E-state index contributed by atoms with van der Waals surface area (Å²) in [5.74, 6) is 0.797. The van der Waals surface area contributed by atoms with E-state index in [1.807, 2.05) is 31.2 Å². The van der Waals surface area contributed by atoms with Gasteiger partial charge in [0.15, 0.2) is 0 Å². The lowest BCUT2D eigenvalue weighted by molar-refractivity contribution is 0.855. The van der Waals surface area contributed by atoms with Gasteiger partial charge >= 0.3 is 0 Å². The molecule has 1 aromatic carbocycles. The van der Waals surface area contributed by atoms with Crippen LogP contribution in [0.25, 0.3) is 0 Å². The van der Waals surface area contributed by atoms with Gasteiger partial charge in [-0.15, -0.1) is 5.10 Å².